The number of halogens is 1. The second-order valence-corrected chi connectivity index (χ2v) is 8.46. The SMILES string of the molecule is O=C(NCc1ccccc1)C1=NN(c2ccc(Cl)cc2)c2ncccc2S1(=O)=O. The van der Waals surface area contributed by atoms with E-state index in [1.54, 1.807) is 24.3 Å². The lowest BCUT2D eigenvalue weighted by molar-refractivity contribution is -0.114. The molecule has 146 valence electrons. The molecule has 0 spiro atoms. The van der Waals surface area contributed by atoms with Crippen molar-refractivity contribution in [2.45, 2.75) is 11.4 Å². The Morgan fingerprint density at radius 3 is 2.45 bits per heavy atom. The van der Waals surface area contributed by atoms with Gasteiger partial charge in [0.2, 0.25) is 14.9 Å². The lowest BCUT2D eigenvalue weighted by Gasteiger charge is -2.26. The van der Waals surface area contributed by atoms with E-state index in [9.17, 15) is 13.2 Å². The Morgan fingerprint density at radius 2 is 1.72 bits per heavy atom. The van der Waals surface area contributed by atoms with Crippen LogP contribution in [0.2, 0.25) is 5.02 Å². The highest BCUT2D eigenvalue weighted by atomic mass is 35.5. The van der Waals surface area contributed by atoms with Crippen LogP contribution in [0.3, 0.4) is 0 Å². The molecule has 1 N–H and O–H groups in total. The largest absolute Gasteiger partial charge is 0.346 e. The molecule has 2 heterocycles. The highest BCUT2D eigenvalue weighted by molar-refractivity contribution is 8.08. The Morgan fingerprint density at radius 1 is 1.00 bits per heavy atom. The molecule has 1 aromatic heterocycles. The van der Waals surface area contributed by atoms with E-state index in [0.717, 1.165) is 5.56 Å². The van der Waals surface area contributed by atoms with E-state index in [1.165, 1.54) is 23.3 Å². The number of anilines is 2. The van der Waals surface area contributed by atoms with Gasteiger partial charge in [-0.2, -0.15) is 0 Å². The minimum atomic E-state index is -4.13. The number of amides is 1. The summed E-state index contributed by atoms with van der Waals surface area (Å²) in [5, 5.41) is 8.00. The number of nitrogens with zero attached hydrogens (tertiary/aromatic N) is 3. The molecule has 0 aliphatic carbocycles. The van der Waals surface area contributed by atoms with Gasteiger partial charge in [-0.25, -0.2) is 18.4 Å². The summed E-state index contributed by atoms with van der Waals surface area (Å²) in [6.07, 6.45) is 1.47. The van der Waals surface area contributed by atoms with Gasteiger partial charge >= 0.3 is 0 Å². The third-order valence-corrected chi connectivity index (χ3v) is 6.17. The molecule has 0 atom stereocenters. The van der Waals surface area contributed by atoms with Crippen LogP contribution in [0, 0.1) is 0 Å². The van der Waals surface area contributed by atoms with Crippen molar-refractivity contribution in [3.05, 3.63) is 83.5 Å². The van der Waals surface area contributed by atoms with Crippen molar-refractivity contribution in [1.29, 1.82) is 0 Å². The number of hydrogen-bond donors (Lipinski definition) is 1. The molecular weight excluding hydrogens is 412 g/mol. The fourth-order valence-electron chi connectivity index (χ4n) is 2.83. The lowest BCUT2D eigenvalue weighted by Crippen LogP contribution is -2.40. The molecule has 0 fully saturated rings. The van der Waals surface area contributed by atoms with Gasteiger partial charge in [-0.1, -0.05) is 41.9 Å². The summed E-state index contributed by atoms with van der Waals surface area (Å²) in [6.45, 7) is 0.176. The molecule has 4 rings (SSSR count). The number of carbonyl (C=O) groups is 1. The first-order valence-corrected chi connectivity index (χ1v) is 10.5. The fraction of sp³-hybridized carbons (Fsp3) is 0.0500. The summed E-state index contributed by atoms with van der Waals surface area (Å²) in [5.74, 6) is -0.670. The zero-order valence-corrected chi connectivity index (χ0v) is 16.6. The van der Waals surface area contributed by atoms with Crippen molar-refractivity contribution in [3.63, 3.8) is 0 Å². The fourth-order valence-corrected chi connectivity index (χ4v) is 4.31. The summed E-state index contributed by atoms with van der Waals surface area (Å²) in [5.41, 5.74) is 1.36. The molecule has 0 unspecified atom stereocenters. The number of sulfone groups is 1. The first-order chi connectivity index (χ1) is 14.0. The number of rotatable bonds is 4. The molecule has 0 saturated carbocycles. The highest BCUT2D eigenvalue weighted by Gasteiger charge is 2.38. The Kier molecular flexibility index (Phi) is 5.04. The molecule has 1 aliphatic heterocycles. The number of hydrazone groups is 1. The second kappa shape index (κ2) is 7.65. The minimum absolute atomic E-state index is 0.0881. The van der Waals surface area contributed by atoms with Crippen LogP contribution in [0.4, 0.5) is 11.5 Å². The molecule has 9 heteroatoms. The standard InChI is InChI=1S/C20H15ClN4O3S/c21-15-8-10-16(11-9-15)25-18-17(7-4-12-22-18)29(27,28)20(24-25)19(26)23-13-14-5-2-1-3-6-14/h1-12H,13H2,(H,23,26). The molecule has 0 radical (unpaired) electrons. The van der Waals surface area contributed by atoms with E-state index >= 15 is 0 Å². The number of aromatic nitrogens is 1. The van der Waals surface area contributed by atoms with Crippen molar-refractivity contribution < 1.29 is 13.2 Å². The molecule has 2 aromatic carbocycles. The van der Waals surface area contributed by atoms with E-state index in [2.05, 4.69) is 15.4 Å². The zero-order valence-electron chi connectivity index (χ0n) is 15.0. The highest BCUT2D eigenvalue weighted by Crippen LogP contribution is 2.35. The first-order valence-electron chi connectivity index (χ1n) is 8.63. The number of carbonyl (C=O) groups excluding carboxylic acids is 1. The van der Waals surface area contributed by atoms with Crippen LogP contribution in [0.15, 0.2) is 82.9 Å². The average molecular weight is 427 g/mol. The summed E-state index contributed by atoms with van der Waals surface area (Å²) in [7, 11) is -4.13. The average Bonchev–Trinajstić information content (AvgIpc) is 2.74. The monoisotopic (exact) mass is 426 g/mol. The van der Waals surface area contributed by atoms with E-state index in [4.69, 9.17) is 11.6 Å². The van der Waals surface area contributed by atoms with Crippen LogP contribution in [0.5, 0.6) is 0 Å². The van der Waals surface area contributed by atoms with Crippen molar-refractivity contribution in [3.8, 4) is 0 Å². The first kappa shape index (κ1) is 19.1. The van der Waals surface area contributed by atoms with Crippen molar-refractivity contribution in [2.24, 2.45) is 5.10 Å². The maximum Gasteiger partial charge on any atom is 0.284 e. The van der Waals surface area contributed by atoms with Crippen LogP contribution in [0.25, 0.3) is 0 Å². The van der Waals surface area contributed by atoms with Crippen molar-refractivity contribution in [2.75, 3.05) is 5.01 Å². The second-order valence-electron chi connectivity index (χ2n) is 6.19. The van der Waals surface area contributed by atoms with Crippen LogP contribution < -0.4 is 10.3 Å². The number of hydrogen-bond acceptors (Lipinski definition) is 6. The van der Waals surface area contributed by atoms with Gasteiger partial charge in [0.15, 0.2) is 5.82 Å². The third kappa shape index (κ3) is 3.72. The Balaban J connectivity index is 1.73. The van der Waals surface area contributed by atoms with E-state index < -0.39 is 20.8 Å². The molecule has 0 saturated heterocycles. The molecule has 0 bridgehead atoms. The van der Waals surface area contributed by atoms with Crippen LogP contribution >= 0.6 is 11.6 Å². The number of nitrogens with one attached hydrogen (secondary N) is 1. The number of pyridine rings is 1. The van der Waals surface area contributed by atoms with Gasteiger partial charge in [0.1, 0.15) is 4.90 Å². The molecule has 1 amide bonds. The topological polar surface area (TPSA) is 91.7 Å². The summed E-state index contributed by atoms with van der Waals surface area (Å²) in [4.78, 5) is 16.8. The maximum absolute atomic E-state index is 13.0. The van der Waals surface area contributed by atoms with Crippen molar-refractivity contribution >= 4 is 43.9 Å². The lowest BCUT2D eigenvalue weighted by atomic mass is 10.2. The van der Waals surface area contributed by atoms with Crippen molar-refractivity contribution in [1.82, 2.24) is 10.3 Å². The minimum Gasteiger partial charge on any atom is -0.346 e. The Labute approximate surface area is 172 Å². The molecule has 7 nitrogen and oxygen atoms in total. The van der Waals surface area contributed by atoms with E-state index in [1.807, 2.05) is 30.3 Å². The van der Waals surface area contributed by atoms with Gasteiger partial charge in [-0.05, 0) is 42.0 Å². The van der Waals surface area contributed by atoms with Gasteiger partial charge in [0.05, 0.1) is 5.69 Å². The Bertz CT molecular complexity index is 1200. The predicted octanol–water partition coefficient (Wildman–Crippen LogP) is 3.29. The van der Waals surface area contributed by atoms with E-state index in [-0.39, 0.29) is 17.3 Å². The van der Waals surface area contributed by atoms with Gasteiger partial charge in [0.25, 0.3) is 5.91 Å². The number of fused-ring (bicyclic) bond motifs is 1. The van der Waals surface area contributed by atoms with E-state index in [0.29, 0.717) is 10.7 Å². The van der Waals surface area contributed by atoms with Gasteiger partial charge in [-0.15, -0.1) is 5.10 Å². The van der Waals surface area contributed by atoms with Gasteiger partial charge < -0.3 is 5.32 Å². The number of benzene rings is 2. The summed E-state index contributed by atoms with van der Waals surface area (Å²) in [6, 6.07) is 18.7. The Hall–Kier alpha value is -3.23. The normalized spacial score (nSPS) is 14.7. The van der Waals surface area contributed by atoms with Crippen LogP contribution in [0.1, 0.15) is 5.56 Å². The third-order valence-electron chi connectivity index (χ3n) is 4.25. The molecule has 29 heavy (non-hydrogen) atoms. The smallest absolute Gasteiger partial charge is 0.284 e. The summed E-state index contributed by atoms with van der Waals surface area (Å²) < 4.78 is 26.0. The van der Waals surface area contributed by atoms with Gasteiger partial charge in [-0.3, -0.25) is 4.79 Å². The van der Waals surface area contributed by atoms with Gasteiger partial charge in [0, 0.05) is 17.8 Å². The summed E-state index contributed by atoms with van der Waals surface area (Å²) >= 11 is 5.94. The predicted molar refractivity (Wildman–Crippen MR) is 111 cm³/mol. The molecular formula is C20H15ClN4O3S. The molecule has 3 aromatic rings. The van der Waals surface area contributed by atoms with Crippen LogP contribution in [-0.2, 0) is 21.2 Å². The quantitative estimate of drug-likeness (QED) is 0.691. The maximum atomic E-state index is 13.0. The zero-order chi connectivity index (χ0) is 20.4. The van der Waals surface area contributed by atoms with Crippen LogP contribution in [-0.4, -0.2) is 24.4 Å². The molecule has 1 aliphatic rings.